The summed E-state index contributed by atoms with van der Waals surface area (Å²) in [4.78, 5) is 24.4. The molecule has 234 valence electrons. The van der Waals surface area contributed by atoms with Crippen molar-refractivity contribution in [2.24, 2.45) is 0 Å². The molecule has 0 amide bonds. The molecule has 4 aromatic carbocycles. The fourth-order valence-corrected chi connectivity index (χ4v) is 6.16. The Bertz CT molecular complexity index is 2250. The summed E-state index contributed by atoms with van der Waals surface area (Å²) in [7, 11) is 0. The maximum Gasteiger partial charge on any atom is 0.164 e. The largest absolute Gasteiger partial charge is 0.264 e. The summed E-state index contributed by atoms with van der Waals surface area (Å²) in [5.74, 6) is 1.87. The second-order valence-corrected chi connectivity index (χ2v) is 12.2. The molecule has 0 spiro atoms. The fraction of sp³-hybridized carbons (Fsp3) is 0.0682. The predicted molar refractivity (Wildman–Crippen MR) is 199 cm³/mol. The van der Waals surface area contributed by atoms with E-state index in [-0.39, 0.29) is 0 Å². The lowest BCUT2D eigenvalue weighted by Crippen LogP contribution is -2.00. The van der Waals surface area contributed by atoms with E-state index in [1.54, 1.807) is 6.20 Å². The molecule has 7 aromatic rings. The average Bonchev–Trinajstić information content (AvgIpc) is 3.19. The van der Waals surface area contributed by atoms with Gasteiger partial charge < -0.3 is 0 Å². The van der Waals surface area contributed by atoms with Crippen LogP contribution >= 0.6 is 0 Å². The molecule has 0 atom stereocenters. The molecule has 1 aliphatic carbocycles. The van der Waals surface area contributed by atoms with Crippen LogP contribution in [0.25, 0.3) is 73.2 Å². The van der Waals surface area contributed by atoms with Crippen LogP contribution < -0.4 is 0 Å². The van der Waals surface area contributed by atoms with E-state index in [0.717, 1.165) is 68.7 Å². The third kappa shape index (κ3) is 6.60. The van der Waals surface area contributed by atoms with Crippen molar-refractivity contribution in [3.8, 4) is 67.7 Å². The Balaban J connectivity index is 1.23. The molecule has 8 rings (SSSR count). The number of hydrogen-bond acceptors (Lipinski definition) is 5. The van der Waals surface area contributed by atoms with Gasteiger partial charge in [0.1, 0.15) is 0 Å². The molecule has 0 saturated carbocycles. The first-order valence-corrected chi connectivity index (χ1v) is 16.6. The maximum absolute atomic E-state index is 5.05. The van der Waals surface area contributed by atoms with Gasteiger partial charge in [0.05, 0.1) is 11.4 Å². The Hall–Kier alpha value is -6.33. The Morgan fingerprint density at radius 2 is 1.02 bits per heavy atom. The van der Waals surface area contributed by atoms with Crippen LogP contribution in [-0.2, 0) is 0 Å². The number of allylic oxidation sites excluding steroid dienone is 4. The molecule has 0 bridgehead atoms. The summed E-state index contributed by atoms with van der Waals surface area (Å²) in [6, 6.07) is 43.7. The zero-order valence-electron chi connectivity index (χ0n) is 27.2. The SMILES string of the molecule is Cc1cc(C2=CCCC=C2)nc(-c2ccc(-c3cc(-c4cccnc4)cc(-c4nc(-c5ccccc5)nc(-c5ccccc5)n4)c3)cc2)c1. The Morgan fingerprint density at radius 3 is 1.63 bits per heavy atom. The highest BCUT2D eigenvalue weighted by atomic mass is 15.0. The van der Waals surface area contributed by atoms with Crippen molar-refractivity contribution in [1.82, 2.24) is 24.9 Å². The van der Waals surface area contributed by atoms with Gasteiger partial charge in [-0.05, 0) is 84.0 Å². The second-order valence-electron chi connectivity index (χ2n) is 12.2. The van der Waals surface area contributed by atoms with Crippen LogP contribution in [-0.4, -0.2) is 24.9 Å². The minimum Gasteiger partial charge on any atom is -0.264 e. The number of aromatic nitrogens is 5. The van der Waals surface area contributed by atoms with E-state index < -0.39 is 0 Å². The molecule has 1 aliphatic rings. The summed E-state index contributed by atoms with van der Waals surface area (Å²) in [6.45, 7) is 2.13. The van der Waals surface area contributed by atoms with Crippen LogP contribution in [0.5, 0.6) is 0 Å². The maximum atomic E-state index is 5.05. The van der Waals surface area contributed by atoms with Crippen LogP contribution in [0.1, 0.15) is 24.1 Å². The summed E-state index contributed by atoms with van der Waals surface area (Å²) in [5, 5.41) is 0. The number of hydrogen-bond donors (Lipinski definition) is 0. The average molecular weight is 632 g/mol. The summed E-state index contributed by atoms with van der Waals surface area (Å²) < 4.78 is 0. The Morgan fingerprint density at radius 1 is 0.449 bits per heavy atom. The fourth-order valence-electron chi connectivity index (χ4n) is 6.16. The van der Waals surface area contributed by atoms with Crippen LogP contribution in [0, 0.1) is 6.92 Å². The molecule has 3 heterocycles. The number of benzene rings is 4. The van der Waals surface area contributed by atoms with Crippen molar-refractivity contribution in [1.29, 1.82) is 0 Å². The van der Waals surface area contributed by atoms with Crippen molar-refractivity contribution >= 4 is 5.57 Å². The number of nitrogens with zero attached hydrogens (tertiary/aromatic N) is 5. The van der Waals surface area contributed by atoms with E-state index in [1.807, 2.05) is 72.9 Å². The van der Waals surface area contributed by atoms with Crippen molar-refractivity contribution < 1.29 is 0 Å². The van der Waals surface area contributed by atoms with Crippen LogP contribution in [0.15, 0.2) is 158 Å². The van der Waals surface area contributed by atoms with Gasteiger partial charge in [0.25, 0.3) is 0 Å². The predicted octanol–water partition coefficient (Wildman–Crippen LogP) is 10.7. The van der Waals surface area contributed by atoms with Gasteiger partial charge in [-0.1, -0.05) is 109 Å². The van der Waals surface area contributed by atoms with E-state index in [2.05, 4.69) is 90.8 Å². The lowest BCUT2D eigenvalue weighted by atomic mass is 9.95. The molecular weight excluding hydrogens is 599 g/mol. The van der Waals surface area contributed by atoms with Crippen molar-refractivity contribution in [3.63, 3.8) is 0 Å². The lowest BCUT2D eigenvalue weighted by molar-refractivity contribution is 1.04. The monoisotopic (exact) mass is 631 g/mol. The first-order valence-electron chi connectivity index (χ1n) is 16.6. The zero-order chi connectivity index (χ0) is 33.0. The van der Waals surface area contributed by atoms with E-state index in [1.165, 1.54) is 11.1 Å². The third-order valence-corrected chi connectivity index (χ3v) is 8.66. The normalized spacial score (nSPS) is 12.5. The summed E-state index contributed by atoms with van der Waals surface area (Å²) in [5.41, 5.74) is 12.4. The van der Waals surface area contributed by atoms with E-state index in [0.29, 0.717) is 17.5 Å². The first kappa shape index (κ1) is 30.0. The summed E-state index contributed by atoms with van der Waals surface area (Å²) in [6.07, 6.45) is 12.5. The van der Waals surface area contributed by atoms with Crippen LogP contribution in [0.3, 0.4) is 0 Å². The van der Waals surface area contributed by atoms with Crippen LogP contribution in [0.4, 0.5) is 0 Å². The lowest BCUT2D eigenvalue weighted by Gasteiger charge is -2.13. The van der Waals surface area contributed by atoms with E-state index in [4.69, 9.17) is 19.9 Å². The van der Waals surface area contributed by atoms with Gasteiger partial charge in [-0.15, -0.1) is 0 Å². The molecule has 5 heteroatoms. The molecule has 49 heavy (non-hydrogen) atoms. The van der Waals surface area contributed by atoms with Crippen molar-refractivity contribution in [2.45, 2.75) is 19.8 Å². The van der Waals surface area contributed by atoms with Gasteiger partial charge in [-0.2, -0.15) is 0 Å². The molecule has 3 aromatic heterocycles. The molecule has 0 saturated heterocycles. The Kier molecular flexibility index (Phi) is 8.22. The molecular formula is C44H33N5. The number of pyridine rings is 2. The highest BCUT2D eigenvalue weighted by Gasteiger charge is 2.15. The molecule has 0 unspecified atom stereocenters. The minimum absolute atomic E-state index is 0.610. The molecule has 5 nitrogen and oxygen atoms in total. The minimum atomic E-state index is 0.610. The third-order valence-electron chi connectivity index (χ3n) is 8.66. The zero-order valence-corrected chi connectivity index (χ0v) is 27.2. The second kappa shape index (κ2) is 13.4. The van der Waals surface area contributed by atoms with Crippen molar-refractivity contribution in [2.75, 3.05) is 0 Å². The van der Waals surface area contributed by atoms with Gasteiger partial charge in [-0.3, -0.25) is 4.98 Å². The van der Waals surface area contributed by atoms with Gasteiger partial charge in [0.15, 0.2) is 17.5 Å². The summed E-state index contributed by atoms with van der Waals surface area (Å²) >= 11 is 0. The van der Waals surface area contributed by atoms with Crippen molar-refractivity contribution in [3.05, 3.63) is 169 Å². The van der Waals surface area contributed by atoms with Gasteiger partial charge in [0, 0.05) is 40.2 Å². The highest BCUT2D eigenvalue weighted by molar-refractivity contribution is 5.81. The number of aryl methyl sites for hydroxylation is 1. The van der Waals surface area contributed by atoms with E-state index >= 15 is 0 Å². The Labute approximate surface area is 286 Å². The highest BCUT2D eigenvalue weighted by Crippen LogP contribution is 2.34. The van der Waals surface area contributed by atoms with Gasteiger partial charge >= 0.3 is 0 Å². The quantitative estimate of drug-likeness (QED) is 0.175. The van der Waals surface area contributed by atoms with Crippen LogP contribution in [0.2, 0.25) is 0 Å². The smallest absolute Gasteiger partial charge is 0.164 e. The first-order chi connectivity index (χ1) is 24.2. The van der Waals surface area contributed by atoms with E-state index in [9.17, 15) is 0 Å². The van der Waals surface area contributed by atoms with Gasteiger partial charge in [0.2, 0.25) is 0 Å². The topological polar surface area (TPSA) is 64.5 Å². The standard InChI is InChI=1S/C44H33N5/c1-30-24-40(32-12-5-2-6-13-32)46-41(25-30)33-21-19-31(20-22-33)37-26-38(36-18-11-23-45-29-36)28-39(27-37)44-48-42(34-14-7-3-8-15-34)47-43(49-44)35-16-9-4-10-17-35/h3-5,7-29H,2,6H2,1H3. The molecule has 0 fully saturated rings. The number of rotatable bonds is 7. The molecule has 0 N–H and O–H groups in total. The molecule has 0 aliphatic heterocycles. The molecule has 0 radical (unpaired) electrons. The van der Waals surface area contributed by atoms with Gasteiger partial charge in [-0.25, -0.2) is 19.9 Å².